The number of benzene rings is 3. The van der Waals surface area contributed by atoms with Crippen molar-refractivity contribution in [3.8, 4) is 17.0 Å². The molecule has 0 saturated carbocycles. The smallest absolute Gasteiger partial charge is 0.269 e. The number of likely N-dealkylation sites (N-methyl/N-ethyl adjacent to an activating group) is 1. The van der Waals surface area contributed by atoms with E-state index in [-0.39, 0.29) is 4.90 Å². The maximum Gasteiger partial charge on any atom is 0.269 e. The highest BCUT2D eigenvalue weighted by Gasteiger charge is 2.30. The van der Waals surface area contributed by atoms with Gasteiger partial charge in [0.1, 0.15) is 17.2 Å². The zero-order valence-corrected chi connectivity index (χ0v) is 21.6. The van der Waals surface area contributed by atoms with E-state index in [1.807, 2.05) is 61.5 Å². The standard InChI is InChI=1S/C24H22Br2N2O3S/c1-27(2)14-15-31-24-19-16-18(25)12-13-21(19)28(23(24)17-8-4-3-5-9-17)32(29,30)22-11-7-6-10-20(22)26/h3-13,16H,14-15H2,1-2H3. The molecule has 32 heavy (non-hydrogen) atoms. The Kier molecular flexibility index (Phi) is 6.76. The van der Waals surface area contributed by atoms with Gasteiger partial charge >= 0.3 is 0 Å². The lowest BCUT2D eigenvalue weighted by molar-refractivity contribution is 0.264. The normalized spacial score (nSPS) is 11.9. The summed E-state index contributed by atoms with van der Waals surface area (Å²) in [5.74, 6) is 0.546. The molecule has 0 amide bonds. The molecule has 166 valence electrons. The van der Waals surface area contributed by atoms with Crippen LogP contribution in [0.2, 0.25) is 0 Å². The molecule has 1 aromatic heterocycles. The summed E-state index contributed by atoms with van der Waals surface area (Å²) in [4.78, 5) is 2.21. The summed E-state index contributed by atoms with van der Waals surface area (Å²) in [5, 5.41) is 0.729. The maximum atomic E-state index is 14.0. The SMILES string of the molecule is CN(C)CCOc1c(-c2ccccc2)n(S(=O)(=O)c2ccccc2Br)c2ccc(Br)cc12. The van der Waals surface area contributed by atoms with Gasteiger partial charge in [0.05, 0.1) is 5.52 Å². The molecule has 1 heterocycles. The fourth-order valence-electron chi connectivity index (χ4n) is 3.53. The Morgan fingerprint density at radius 3 is 2.31 bits per heavy atom. The average molecular weight is 578 g/mol. The van der Waals surface area contributed by atoms with Crippen molar-refractivity contribution in [2.24, 2.45) is 0 Å². The number of rotatable bonds is 7. The van der Waals surface area contributed by atoms with Gasteiger partial charge in [0.25, 0.3) is 10.0 Å². The Morgan fingerprint density at radius 2 is 1.62 bits per heavy atom. The van der Waals surface area contributed by atoms with Gasteiger partial charge in [-0.05, 0) is 60.4 Å². The van der Waals surface area contributed by atoms with Gasteiger partial charge in [-0.25, -0.2) is 12.4 Å². The molecule has 4 aromatic rings. The summed E-state index contributed by atoms with van der Waals surface area (Å²) in [6.45, 7) is 1.12. The number of nitrogens with zero attached hydrogens (tertiary/aromatic N) is 2. The monoisotopic (exact) mass is 576 g/mol. The minimum absolute atomic E-state index is 0.192. The molecule has 5 nitrogen and oxygen atoms in total. The van der Waals surface area contributed by atoms with Crippen LogP contribution in [0, 0.1) is 0 Å². The first-order chi connectivity index (χ1) is 15.3. The summed E-state index contributed by atoms with van der Waals surface area (Å²) in [5.41, 5.74) is 1.83. The van der Waals surface area contributed by atoms with Crippen LogP contribution in [0.15, 0.2) is 86.6 Å². The summed E-state index contributed by atoms with van der Waals surface area (Å²) in [6, 6.07) is 21.9. The Morgan fingerprint density at radius 1 is 0.938 bits per heavy atom. The largest absolute Gasteiger partial charge is 0.489 e. The average Bonchev–Trinajstić information content (AvgIpc) is 3.08. The van der Waals surface area contributed by atoms with Gasteiger partial charge in [-0.15, -0.1) is 0 Å². The van der Waals surface area contributed by atoms with Crippen LogP contribution in [0.4, 0.5) is 0 Å². The predicted molar refractivity (Wildman–Crippen MR) is 136 cm³/mol. The Labute approximate surface area is 204 Å². The van der Waals surface area contributed by atoms with Gasteiger partial charge in [-0.2, -0.15) is 0 Å². The van der Waals surface area contributed by atoms with Crippen LogP contribution in [-0.4, -0.2) is 44.5 Å². The number of hydrogen-bond acceptors (Lipinski definition) is 4. The van der Waals surface area contributed by atoms with Gasteiger partial charge in [-0.1, -0.05) is 58.4 Å². The van der Waals surface area contributed by atoms with Gasteiger partial charge in [0.2, 0.25) is 0 Å². The van der Waals surface area contributed by atoms with E-state index in [2.05, 4.69) is 31.9 Å². The first-order valence-electron chi connectivity index (χ1n) is 9.97. The molecule has 3 aromatic carbocycles. The zero-order chi connectivity index (χ0) is 22.9. The third-order valence-electron chi connectivity index (χ3n) is 5.03. The second-order valence-electron chi connectivity index (χ2n) is 7.56. The molecule has 4 rings (SSSR count). The third-order valence-corrected chi connectivity index (χ3v) is 8.25. The van der Waals surface area contributed by atoms with Crippen LogP contribution >= 0.6 is 31.9 Å². The van der Waals surface area contributed by atoms with Crippen molar-refractivity contribution in [3.05, 3.63) is 81.7 Å². The topological polar surface area (TPSA) is 51.5 Å². The molecule has 8 heteroatoms. The van der Waals surface area contributed by atoms with E-state index in [0.29, 0.717) is 34.6 Å². The van der Waals surface area contributed by atoms with Crippen LogP contribution in [0.25, 0.3) is 22.2 Å². The van der Waals surface area contributed by atoms with Gasteiger partial charge in [-0.3, -0.25) is 0 Å². The molecular weight excluding hydrogens is 556 g/mol. The molecule has 0 radical (unpaired) electrons. The summed E-state index contributed by atoms with van der Waals surface area (Å²) in [7, 11) is -0.00245. The Bertz CT molecular complexity index is 1370. The first kappa shape index (κ1) is 23.0. The fraction of sp³-hybridized carbons (Fsp3) is 0.167. The number of ether oxygens (including phenoxy) is 1. The van der Waals surface area contributed by atoms with Crippen molar-refractivity contribution in [1.29, 1.82) is 0 Å². The predicted octanol–water partition coefficient (Wildman–Crippen LogP) is 6.01. The number of hydrogen-bond donors (Lipinski definition) is 0. The molecule has 0 unspecified atom stereocenters. The molecular formula is C24H22Br2N2O3S. The summed E-state index contributed by atoms with van der Waals surface area (Å²) in [6.07, 6.45) is 0. The van der Waals surface area contributed by atoms with E-state index in [1.165, 1.54) is 3.97 Å². The first-order valence-corrected chi connectivity index (χ1v) is 13.0. The van der Waals surface area contributed by atoms with Crippen LogP contribution < -0.4 is 4.74 Å². The minimum Gasteiger partial charge on any atom is -0.489 e. The van der Waals surface area contributed by atoms with Gasteiger partial charge < -0.3 is 9.64 Å². The molecule has 0 bridgehead atoms. The molecule has 0 aliphatic heterocycles. The van der Waals surface area contributed by atoms with Crippen molar-refractivity contribution >= 4 is 52.8 Å². The molecule has 0 aliphatic carbocycles. The van der Waals surface area contributed by atoms with E-state index >= 15 is 0 Å². The van der Waals surface area contributed by atoms with E-state index in [4.69, 9.17) is 4.74 Å². The number of fused-ring (bicyclic) bond motifs is 1. The molecule has 0 saturated heterocycles. The van der Waals surface area contributed by atoms with Crippen molar-refractivity contribution in [2.75, 3.05) is 27.2 Å². The lowest BCUT2D eigenvalue weighted by Gasteiger charge is -2.15. The van der Waals surface area contributed by atoms with Crippen molar-refractivity contribution < 1.29 is 13.2 Å². The van der Waals surface area contributed by atoms with E-state index in [0.717, 1.165) is 15.4 Å². The van der Waals surface area contributed by atoms with Crippen molar-refractivity contribution in [3.63, 3.8) is 0 Å². The molecule has 0 aliphatic rings. The lowest BCUT2D eigenvalue weighted by Crippen LogP contribution is -2.20. The second-order valence-corrected chi connectivity index (χ2v) is 11.1. The van der Waals surface area contributed by atoms with E-state index in [1.54, 1.807) is 30.3 Å². The molecule has 0 spiro atoms. The van der Waals surface area contributed by atoms with Gasteiger partial charge in [0.15, 0.2) is 5.75 Å². The minimum atomic E-state index is -3.94. The van der Waals surface area contributed by atoms with Crippen LogP contribution in [0.3, 0.4) is 0 Å². The fourth-order valence-corrected chi connectivity index (χ4v) is 6.40. The zero-order valence-electron chi connectivity index (χ0n) is 17.6. The molecule has 0 fully saturated rings. The maximum absolute atomic E-state index is 14.0. The Balaban J connectivity index is 2.07. The second kappa shape index (κ2) is 9.39. The highest BCUT2D eigenvalue weighted by Crippen LogP contribution is 2.43. The quantitative estimate of drug-likeness (QED) is 0.270. The third kappa shape index (κ3) is 4.37. The van der Waals surface area contributed by atoms with E-state index in [9.17, 15) is 8.42 Å². The summed E-state index contributed by atoms with van der Waals surface area (Å²) >= 11 is 6.94. The molecule has 0 atom stereocenters. The summed E-state index contributed by atoms with van der Waals surface area (Å²) < 4.78 is 37.0. The molecule has 0 N–H and O–H groups in total. The number of halogens is 2. The van der Waals surface area contributed by atoms with Crippen molar-refractivity contribution in [1.82, 2.24) is 8.87 Å². The highest BCUT2D eigenvalue weighted by atomic mass is 79.9. The lowest BCUT2D eigenvalue weighted by atomic mass is 10.1. The van der Waals surface area contributed by atoms with Crippen LogP contribution in [0.1, 0.15) is 0 Å². The highest BCUT2D eigenvalue weighted by molar-refractivity contribution is 9.10. The van der Waals surface area contributed by atoms with Crippen LogP contribution in [-0.2, 0) is 10.0 Å². The van der Waals surface area contributed by atoms with Crippen LogP contribution in [0.5, 0.6) is 5.75 Å². The Hall–Kier alpha value is -2.13. The number of aromatic nitrogens is 1. The van der Waals surface area contributed by atoms with Crippen molar-refractivity contribution in [2.45, 2.75) is 4.90 Å². The van der Waals surface area contributed by atoms with E-state index < -0.39 is 10.0 Å². The van der Waals surface area contributed by atoms with Gasteiger partial charge in [0, 0.05) is 26.4 Å².